The molecule has 0 spiro atoms. The monoisotopic (exact) mass is 306 g/mol. The highest BCUT2D eigenvalue weighted by atomic mass is 32.1. The SMILES string of the molecule is CCCOC(OCCC)[Si]CCCOC(=O)C(C)S. The van der Waals surface area contributed by atoms with Gasteiger partial charge >= 0.3 is 5.97 Å². The predicted molar refractivity (Wildman–Crippen MR) is 80.9 cm³/mol. The molecule has 112 valence electrons. The Morgan fingerprint density at radius 2 is 1.74 bits per heavy atom. The summed E-state index contributed by atoms with van der Waals surface area (Å²) in [5.41, 5.74) is 0. The van der Waals surface area contributed by atoms with Gasteiger partial charge in [-0.3, -0.25) is 4.79 Å². The third-order valence-electron chi connectivity index (χ3n) is 2.16. The van der Waals surface area contributed by atoms with Crippen LogP contribution in [0.4, 0.5) is 0 Å². The molecule has 0 saturated carbocycles. The van der Waals surface area contributed by atoms with Gasteiger partial charge in [-0.25, -0.2) is 0 Å². The van der Waals surface area contributed by atoms with Crippen LogP contribution in [0.3, 0.4) is 0 Å². The highest BCUT2D eigenvalue weighted by molar-refractivity contribution is 7.81. The quantitative estimate of drug-likeness (QED) is 0.198. The zero-order chi connectivity index (χ0) is 14.5. The van der Waals surface area contributed by atoms with Crippen LogP contribution in [-0.4, -0.2) is 46.5 Å². The van der Waals surface area contributed by atoms with E-state index in [1.807, 2.05) is 0 Å². The molecule has 19 heavy (non-hydrogen) atoms. The molecule has 4 nitrogen and oxygen atoms in total. The lowest BCUT2D eigenvalue weighted by Gasteiger charge is -2.17. The van der Waals surface area contributed by atoms with Crippen molar-refractivity contribution in [1.29, 1.82) is 0 Å². The number of carbonyl (C=O) groups is 1. The molecule has 0 aliphatic rings. The Kier molecular flexibility index (Phi) is 12.9. The lowest BCUT2D eigenvalue weighted by atomic mass is 10.5. The molecule has 0 saturated heterocycles. The van der Waals surface area contributed by atoms with Crippen molar-refractivity contribution < 1.29 is 19.0 Å². The number of esters is 1. The summed E-state index contributed by atoms with van der Waals surface area (Å²) in [6.45, 7) is 7.78. The standard InChI is InChI=1S/C13H26O4SSi/c1-4-7-16-13(17-8-5-2)19-10-6-9-15-12(14)11(3)18/h11,13,18H,4-10H2,1-3H3. The Labute approximate surface area is 124 Å². The second-order valence-corrected chi connectivity index (χ2v) is 6.38. The van der Waals surface area contributed by atoms with E-state index in [2.05, 4.69) is 26.5 Å². The van der Waals surface area contributed by atoms with Crippen LogP contribution in [0, 0.1) is 0 Å². The lowest BCUT2D eigenvalue weighted by Crippen LogP contribution is -2.25. The summed E-state index contributed by atoms with van der Waals surface area (Å²) in [6, 6.07) is 0.951. The zero-order valence-corrected chi connectivity index (χ0v) is 14.1. The molecular formula is C13H26O4SSi. The summed E-state index contributed by atoms with van der Waals surface area (Å²) in [5.74, 6) is -0.355. The Morgan fingerprint density at radius 1 is 1.16 bits per heavy atom. The fourth-order valence-electron chi connectivity index (χ4n) is 1.20. The number of thiol groups is 1. The van der Waals surface area contributed by atoms with Crippen molar-refractivity contribution in [2.24, 2.45) is 0 Å². The Balaban J connectivity index is 3.64. The minimum Gasteiger partial charge on any atom is -0.465 e. The van der Waals surface area contributed by atoms with Gasteiger partial charge in [0.15, 0.2) is 0 Å². The first-order valence-corrected chi connectivity index (χ1v) is 8.73. The average molecular weight is 306 g/mol. The average Bonchev–Trinajstić information content (AvgIpc) is 2.40. The van der Waals surface area contributed by atoms with Gasteiger partial charge in [0.25, 0.3) is 0 Å². The first kappa shape index (κ1) is 19.0. The minimum atomic E-state index is -0.351. The first-order valence-electron chi connectivity index (χ1n) is 6.93. The number of ether oxygens (including phenoxy) is 3. The van der Waals surface area contributed by atoms with Crippen LogP contribution in [0.1, 0.15) is 40.0 Å². The molecular weight excluding hydrogens is 280 g/mol. The van der Waals surface area contributed by atoms with Crippen molar-refractivity contribution in [1.82, 2.24) is 0 Å². The molecule has 0 rings (SSSR count). The Morgan fingerprint density at radius 3 is 2.21 bits per heavy atom. The summed E-state index contributed by atoms with van der Waals surface area (Å²) in [6.07, 6.45) is 2.83. The van der Waals surface area contributed by atoms with Gasteiger partial charge in [0.1, 0.15) is 15.4 Å². The molecule has 0 aromatic rings. The number of carbonyl (C=O) groups excluding carboxylic acids is 1. The van der Waals surface area contributed by atoms with Crippen molar-refractivity contribution in [3.63, 3.8) is 0 Å². The first-order chi connectivity index (χ1) is 9.11. The van der Waals surface area contributed by atoms with Crippen LogP contribution in [0.25, 0.3) is 0 Å². The second-order valence-electron chi connectivity index (χ2n) is 4.22. The van der Waals surface area contributed by atoms with E-state index < -0.39 is 0 Å². The van der Waals surface area contributed by atoms with Crippen LogP contribution in [0.2, 0.25) is 6.04 Å². The molecule has 0 N–H and O–H groups in total. The van der Waals surface area contributed by atoms with E-state index >= 15 is 0 Å². The van der Waals surface area contributed by atoms with Crippen LogP contribution in [0.5, 0.6) is 0 Å². The van der Waals surface area contributed by atoms with Crippen LogP contribution in [0.15, 0.2) is 0 Å². The third-order valence-corrected chi connectivity index (χ3v) is 3.68. The van der Waals surface area contributed by atoms with E-state index in [0.29, 0.717) is 16.1 Å². The molecule has 1 unspecified atom stereocenters. The second kappa shape index (κ2) is 13.0. The van der Waals surface area contributed by atoms with E-state index in [0.717, 1.165) is 38.5 Å². The van der Waals surface area contributed by atoms with E-state index in [9.17, 15) is 4.79 Å². The topological polar surface area (TPSA) is 44.8 Å². The van der Waals surface area contributed by atoms with E-state index in [1.54, 1.807) is 6.92 Å². The maximum absolute atomic E-state index is 11.2. The molecule has 6 heteroatoms. The fourth-order valence-corrected chi connectivity index (χ4v) is 2.33. The molecule has 0 bridgehead atoms. The summed E-state index contributed by atoms with van der Waals surface area (Å²) in [5, 5.41) is -0.351. The normalized spacial score (nSPS) is 12.7. The van der Waals surface area contributed by atoms with Crippen molar-refractivity contribution in [3.05, 3.63) is 0 Å². The van der Waals surface area contributed by atoms with E-state index in [4.69, 9.17) is 14.2 Å². The highest BCUT2D eigenvalue weighted by Crippen LogP contribution is 2.03. The molecule has 1 atom stereocenters. The van der Waals surface area contributed by atoms with E-state index in [1.165, 1.54) is 0 Å². The number of hydrogen-bond donors (Lipinski definition) is 1. The van der Waals surface area contributed by atoms with Gasteiger partial charge in [-0.05, 0) is 26.2 Å². The Hall–Kier alpha value is -0.0431. The van der Waals surface area contributed by atoms with Gasteiger partial charge in [-0.2, -0.15) is 12.6 Å². The molecule has 0 aliphatic heterocycles. The van der Waals surface area contributed by atoms with Gasteiger partial charge < -0.3 is 14.2 Å². The predicted octanol–water partition coefficient (Wildman–Crippen LogP) is 2.50. The fraction of sp³-hybridized carbons (Fsp3) is 0.923. The lowest BCUT2D eigenvalue weighted by molar-refractivity contribution is -0.142. The molecule has 0 aliphatic carbocycles. The molecule has 0 aromatic carbocycles. The van der Waals surface area contributed by atoms with Gasteiger partial charge in [0.2, 0.25) is 0 Å². The molecule has 0 amide bonds. The molecule has 2 radical (unpaired) electrons. The van der Waals surface area contributed by atoms with Crippen molar-refractivity contribution >= 4 is 28.1 Å². The molecule has 0 aromatic heterocycles. The summed E-state index contributed by atoms with van der Waals surface area (Å²) >= 11 is 4.01. The van der Waals surface area contributed by atoms with Crippen LogP contribution < -0.4 is 0 Å². The molecule has 0 heterocycles. The zero-order valence-electron chi connectivity index (χ0n) is 12.2. The van der Waals surface area contributed by atoms with Crippen LogP contribution >= 0.6 is 12.6 Å². The largest absolute Gasteiger partial charge is 0.465 e. The summed E-state index contributed by atoms with van der Waals surface area (Å²) in [4.78, 5) is 11.2. The van der Waals surface area contributed by atoms with Gasteiger partial charge in [-0.15, -0.1) is 0 Å². The highest BCUT2D eigenvalue weighted by Gasteiger charge is 2.11. The van der Waals surface area contributed by atoms with Crippen molar-refractivity contribution in [3.8, 4) is 0 Å². The van der Waals surface area contributed by atoms with Gasteiger partial charge in [-0.1, -0.05) is 19.9 Å². The van der Waals surface area contributed by atoms with Crippen LogP contribution in [-0.2, 0) is 19.0 Å². The smallest absolute Gasteiger partial charge is 0.318 e. The number of hydrogen-bond acceptors (Lipinski definition) is 5. The molecule has 0 fully saturated rings. The van der Waals surface area contributed by atoms with Crippen molar-refractivity contribution in [2.75, 3.05) is 19.8 Å². The maximum Gasteiger partial charge on any atom is 0.318 e. The summed E-state index contributed by atoms with van der Waals surface area (Å²) in [7, 11) is 0.586. The van der Waals surface area contributed by atoms with Gasteiger partial charge in [0, 0.05) is 13.2 Å². The van der Waals surface area contributed by atoms with Crippen molar-refractivity contribution in [2.45, 2.75) is 57.2 Å². The summed E-state index contributed by atoms with van der Waals surface area (Å²) < 4.78 is 16.3. The van der Waals surface area contributed by atoms with E-state index in [-0.39, 0.29) is 17.1 Å². The number of rotatable bonds is 12. The maximum atomic E-state index is 11.2. The third kappa shape index (κ3) is 11.5. The minimum absolute atomic E-state index is 0.0978. The van der Waals surface area contributed by atoms with Gasteiger partial charge in [0.05, 0.1) is 11.9 Å². The Bertz CT molecular complexity index is 219.